The maximum Gasteiger partial charge on any atom is 0.315 e. The van der Waals surface area contributed by atoms with Crippen molar-refractivity contribution in [2.45, 2.75) is 32.9 Å². The number of urea groups is 1. The van der Waals surface area contributed by atoms with Gasteiger partial charge >= 0.3 is 6.03 Å². The molecule has 0 spiro atoms. The SMILES string of the molecule is Cc1cnn(CCCNC(=O)NC(C)c2ccc(Cl)c(Cl)c2)c1. The minimum atomic E-state index is -0.208. The quantitative estimate of drug-likeness (QED) is 0.771. The van der Waals surface area contributed by atoms with Crippen LogP contribution in [0.15, 0.2) is 30.6 Å². The maximum atomic E-state index is 11.9. The molecule has 0 aliphatic carbocycles. The second-order valence-corrected chi connectivity index (χ2v) is 6.24. The molecule has 1 aromatic carbocycles. The van der Waals surface area contributed by atoms with Gasteiger partial charge in [0.1, 0.15) is 0 Å². The first-order chi connectivity index (χ1) is 11.0. The van der Waals surface area contributed by atoms with E-state index in [0.717, 1.165) is 24.1 Å². The smallest absolute Gasteiger partial charge is 0.315 e. The van der Waals surface area contributed by atoms with Crippen LogP contribution >= 0.6 is 23.2 Å². The van der Waals surface area contributed by atoms with Crippen molar-refractivity contribution in [3.05, 3.63) is 51.8 Å². The lowest BCUT2D eigenvalue weighted by Crippen LogP contribution is -2.37. The van der Waals surface area contributed by atoms with E-state index < -0.39 is 0 Å². The van der Waals surface area contributed by atoms with Crippen LogP contribution in [-0.4, -0.2) is 22.4 Å². The number of nitrogens with zero attached hydrogens (tertiary/aromatic N) is 2. The lowest BCUT2D eigenvalue weighted by molar-refractivity contribution is 0.237. The number of aryl methyl sites for hydroxylation is 2. The summed E-state index contributed by atoms with van der Waals surface area (Å²) in [6.45, 7) is 5.25. The molecule has 1 atom stereocenters. The predicted octanol–water partition coefficient (Wildman–Crippen LogP) is 3.95. The third-order valence-corrected chi connectivity index (χ3v) is 4.14. The van der Waals surface area contributed by atoms with Gasteiger partial charge in [-0.15, -0.1) is 0 Å². The molecule has 0 aliphatic heterocycles. The van der Waals surface area contributed by atoms with Gasteiger partial charge in [-0.2, -0.15) is 5.10 Å². The molecule has 23 heavy (non-hydrogen) atoms. The number of benzene rings is 1. The molecule has 0 aliphatic rings. The second kappa shape index (κ2) is 8.22. The average Bonchev–Trinajstić information content (AvgIpc) is 2.92. The Morgan fingerprint density at radius 2 is 2.13 bits per heavy atom. The number of nitrogens with one attached hydrogen (secondary N) is 2. The Hall–Kier alpha value is -1.72. The van der Waals surface area contributed by atoms with Gasteiger partial charge in [0.25, 0.3) is 0 Å². The normalized spacial score (nSPS) is 12.0. The Morgan fingerprint density at radius 1 is 1.35 bits per heavy atom. The molecule has 0 bridgehead atoms. The van der Waals surface area contributed by atoms with Crippen molar-refractivity contribution in [1.29, 1.82) is 0 Å². The second-order valence-electron chi connectivity index (χ2n) is 5.43. The van der Waals surface area contributed by atoms with Gasteiger partial charge in [-0.05, 0) is 43.5 Å². The van der Waals surface area contributed by atoms with Crippen molar-refractivity contribution in [3.63, 3.8) is 0 Å². The van der Waals surface area contributed by atoms with Gasteiger partial charge in [0.15, 0.2) is 0 Å². The van der Waals surface area contributed by atoms with Crippen molar-refractivity contribution < 1.29 is 4.79 Å². The van der Waals surface area contributed by atoms with Crippen LogP contribution in [0.2, 0.25) is 10.0 Å². The van der Waals surface area contributed by atoms with E-state index in [1.54, 1.807) is 12.1 Å². The first-order valence-corrected chi connectivity index (χ1v) is 8.19. The van der Waals surface area contributed by atoms with Crippen LogP contribution in [0, 0.1) is 6.92 Å². The molecule has 5 nitrogen and oxygen atoms in total. The molecule has 0 radical (unpaired) electrons. The van der Waals surface area contributed by atoms with Crippen molar-refractivity contribution in [2.75, 3.05) is 6.54 Å². The average molecular weight is 355 g/mol. The number of rotatable bonds is 6. The largest absolute Gasteiger partial charge is 0.338 e. The van der Waals surface area contributed by atoms with E-state index in [9.17, 15) is 4.79 Å². The zero-order valence-electron chi connectivity index (χ0n) is 13.1. The highest BCUT2D eigenvalue weighted by atomic mass is 35.5. The third kappa shape index (κ3) is 5.44. The number of amides is 2. The van der Waals surface area contributed by atoms with E-state index in [4.69, 9.17) is 23.2 Å². The summed E-state index contributed by atoms with van der Waals surface area (Å²) in [5, 5.41) is 10.9. The highest BCUT2D eigenvalue weighted by Crippen LogP contribution is 2.25. The molecule has 1 aromatic heterocycles. The molecular formula is C16H20Cl2N4O. The summed E-state index contributed by atoms with van der Waals surface area (Å²) in [4.78, 5) is 11.9. The van der Waals surface area contributed by atoms with E-state index in [2.05, 4.69) is 15.7 Å². The number of hydrogen-bond donors (Lipinski definition) is 2. The first-order valence-electron chi connectivity index (χ1n) is 7.44. The molecule has 7 heteroatoms. The summed E-state index contributed by atoms with van der Waals surface area (Å²) in [6.07, 6.45) is 4.61. The molecule has 0 saturated carbocycles. The molecule has 2 rings (SSSR count). The van der Waals surface area contributed by atoms with Crippen LogP contribution in [-0.2, 0) is 6.54 Å². The van der Waals surface area contributed by atoms with Crippen LogP contribution in [0.3, 0.4) is 0 Å². The summed E-state index contributed by atoms with van der Waals surface area (Å²) < 4.78 is 1.87. The van der Waals surface area contributed by atoms with Gasteiger partial charge in [-0.1, -0.05) is 29.3 Å². The molecule has 1 heterocycles. The number of halogens is 2. The minimum Gasteiger partial charge on any atom is -0.338 e. The predicted molar refractivity (Wildman–Crippen MR) is 93.0 cm³/mol. The fourth-order valence-electron chi connectivity index (χ4n) is 2.14. The summed E-state index contributed by atoms with van der Waals surface area (Å²) in [6, 6.07) is 4.97. The van der Waals surface area contributed by atoms with Crippen LogP contribution in [0.5, 0.6) is 0 Å². The first kappa shape index (κ1) is 17.6. The summed E-state index contributed by atoms with van der Waals surface area (Å²) in [5.41, 5.74) is 2.03. The Balaban J connectivity index is 1.72. The Labute approximate surface area is 146 Å². The highest BCUT2D eigenvalue weighted by molar-refractivity contribution is 6.42. The Morgan fingerprint density at radius 3 is 2.78 bits per heavy atom. The number of carbonyl (C=O) groups excluding carboxylic acids is 1. The van der Waals surface area contributed by atoms with E-state index in [1.807, 2.05) is 37.0 Å². The van der Waals surface area contributed by atoms with Crippen molar-refractivity contribution in [2.24, 2.45) is 0 Å². The standard InChI is InChI=1S/C16H20Cl2N4O/c1-11-9-20-22(10-11)7-3-6-19-16(23)21-12(2)13-4-5-14(17)15(18)8-13/h4-5,8-10,12H,3,6-7H2,1-2H3,(H2,19,21,23). The molecule has 0 fully saturated rings. The minimum absolute atomic E-state index is 0.154. The van der Waals surface area contributed by atoms with Crippen LogP contribution in [0.1, 0.15) is 30.5 Å². The molecule has 2 aromatic rings. The van der Waals surface area contributed by atoms with Gasteiger partial charge in [-0.25, -0.2) is 4.79 Å². The zero-order chi connectivity index (χ0) is 16.8. The summed E-state index contributed by atoms with van der Waals surface area (Å²) >= 11 is 11.9. The van der Waals surface area contributed by atoms with Crippen molar-refractivity contribution >= 4 is 29.2 Å². The number of aromatic nitrogens is 2. The summed E-state index contributed by atoms with van der Waals surface area (Å²) in [5.74, 6) is 0. The molecule has 0 saturated heterocycles. The van der Waals surface area contributed by atoms with Crippen LogP contribution < -0.4 is 10.6 Å². The molecular weight excluding hydrogens is 335 g/mol. The van der Waals surface area contributed by atoms with Gasteiger partial charge in [-0.3, -0.25) is 4.68 Å². The monoisotopic (exact) mass is 354 g/mol. The van der Waals surface area contributed by atoms with Crippen molar-refractivity contribution in [3.8, 4) is 0 Å². The molecule has 124 valence electrons. The number of carbonyl (C=O) groups is 1. The number of hydrogen-bond acceptors (Lipinski definition) is 2. The Kier molecular flexibility index (Phi) is 6.30. The zero-order valence-corrected chi connectivity index (χ0v) is 14.7. The fraction of sp³-hybridized carbons (Fsp3) is 0.375. The highest BCUT2D eigenvalue weighted by Gasteiger charge is 2.10. The topological polar surface area (TPSA) is 59.0 Å². The fourth-order valence-corrected chi connectivity index (χ4v) is 2.45. The molecule has 2 amide bonds. The van der Waals surface area contributed by atoms with Gasteiger partial charge in [0, 0.05) is 19.3 Å². The van der Waals surface area contributed by atoms with Crippen LogP contribution in [0.4, 0.5) is 4.79 Å². The van der Waals surface area contributed by atoms with E-state index >= 15 is 0 Å². The molecule has 2 N–H and O–H groups in total. The van der Waals surface area contributed by atoms with Gasteiger partial charge < -0.3 is 10.6 Å². The van der Waals surface area contributed by atoms with E-state index in [-0.39, 0.29) is 12.1 Å². The summed E-state index contributed by atoms with van der Waals surface area (Å²) in [7, 11) is 0. The lowest BCUT2D eigenvalue weighted by Gasteiger charge is -2.15. The van der Waals surface area contributed by atoms with Crippen LogP contribution in [0.25, 0.3) is 0 Å². The van der Waals surface area contributed by atoms with Crippen molar-refractivity contribution in [1.82, 2.24) is 20.4 Å². The maximum absolute atomic E-state index is 11.9. The van der Waals surface area contributed by atoms with E-state index in [1.165, 1.54) is 0 Å². The van der Waals surface area contributed by atoms with Gasteiger partial charge in [0.2, 0.25) is 0 Å². The van der Waals surface area contributed by atoms with Gasteiger partial charge in [0.05, 0.1) is 22.3 Å². The third-order valence-electron chi connectivity index (χ3n) is 3.40. The lowest BCUT2D eigenvalue weighted by atomic mass is 10.1. The molecule has 1 unspecified atom stereocenters. The van der Waals surface area contributed by atoms with E-state index in [0.29, 0.717) is 16.6 Å². The Bertz CT molecular complexity index is 672.